The van der Waals surface area contributed by atoms with Gasteiger partial charge in [0.05, 0.1) is 12.2 Å². The molecule has 0 radical (unpaired) electrons. The minimum atomic E-state index is -2.09. The van der Waals surface area contributed by atoms with Crippen LogP contribution in [0.1, 0.15) is 46.5 Å². The third-order valence-electron chi connectivity index (χ3n) is 9.07. The number of rotatable bonds is 2. The molecule has 6 heteroatoms. The smallest absolute Gasteiger partial charge is 0.192 e. The number of ketones is 2. The maximum Gasteiger partial charge on any atom is 0.192 e. The highest BCUT2D eigenvalue weighted by molar-refractivity contribution is 6.01. The molecule has 3 saturated carbocycles. The number of carbonyl (C=O) groups is 2. The summed E-state index contributed by atoms with van der Waals surface area (Å²) in [6.07, 6.45) is 4.83. The van der Waals surface area contributed by atoms with E-state index < -0.39 is 46.4 Å². The van der Waals surface area contributed by atoms with Gasteiger partial charge in [-0.25, -0.2) is 0 Å². The molecular weight excluding hydrogens is 360 g/mol. The summed E-state index contributed by atoms with van der Waals surface area (Å²) in [4.78, 5) is 24.4. The van der Waals surface area contributed by atoms with Crippen LogP contribution < -0.4 is 0 Å². The van der Waals surface area contributed by atoms with Crippen LogP contribution >= 0.6 is 0 Å². The van der Waals surface area contributed by atoms with E-state index >= 15 is 0 Å². The molecule has 0 amide bonds. The lowest BCUT2D eigenvalue weighted by molar-refractivity contribution is -0.210. The van der Waals surface area contributed by atoms with Gasteiger partial charge in [0.2, 0.25) is 0 Å². The van der Waals surface area contributed by atoms with E-state index in [0.29, 0.717) is 12.8 Å². The molecule has 0 aliphatic heterocycles. The Bertz CT molecular complexity index is 801. The molecular formula is C22H30O6. The van der Waals surface area contributed by atoms with Crippen molar-refractivity contribution in [2.45, 2.75) is 64.3 Å². The second kappa shape index (κ2) is 5.85. The molecule has 6 nitrogen and oxygen atoms in total. The summed E-state index contributed by atoms with van der Waals surface area (Å²) in [6.45, 7) is 4.96. The van der Waals surface area contributed by atoms with Crippen molar-refractivity contribution < 1.29 is 30.0 Å². The highest BCUT2D eigenvalue weighted by Crippen LogP contribution is 2.72. The molecule has 3 fully saturated rings. The van der Waals surface area contributed by atoms with Crippen molar-refractivity contribution in [3.05, 3.63) is 23.8 Å². The molecule has 0 heterocycles. The van der Waals surface area contributed by atoms with Gasteiger partial charge >= 0.3 is 0 Å². The van der Waals surface area contributed by atoms with Crippen LogP contribution in [-0.4, -0.2) is 56.4 Å². The number of aliphatic hydroxyl groups is 4. The van der Waals surface area contributed by atoms with Crippen LogP contribution in [0.15, 0.2) is 23.8 Å². The Kier molecular flexibility index (Phi) is 4.17. The van der Waals surface area contributed by atoms with Crippen molar-refractivity contribution in [1.82, 2.24) is 0 Å². The summed E-state index contributed by atoms with van der Waals surface area (Å²) in [7, 11) is 0. The van der Waals surface area contributed by atoms with Gasteiger partial charge in [-0.2, -0.15) is 0 Å². The monoisotopic (exact) mass is 390 g/mol. The van der Waals surface area contributed by atoms with E-state index in [1.165, 1.54) is 0 Å². The van der Waals surface area contributed by atoms with Crippen LogP contribution in [0, 0.1) is 28.1 Å². The standard InChI is InChI=1S/C22H30O6/c1-19-7-6-13(24)8-12(19)4-5-14-18(19)15(25)9-21(3)20(14,2)10-16(26)22(21,28)17(27)11-23/h6-8,14-16,18,23,25-26,28H,4-5,9-11H2,1-3H3/t14-,15+,16-,18?,19+,20?,21+,22+/m1/s1. The van der Waals surface area contributed by atoms with E-state index in [-0.39, 0.29) is 30.5 Å². The molecule has 0 aromatic carbocycles. The molecule has 4 aliphatic rings. The molecule has 154 valence electrons. The lowest BCUT2D eigenvalue weighted by atomic mass is 9.41. The first-order chi connectivity index (χ1) is 13.0. The fourth-order valence-corrected chi connectivity index (χ4v) is 7.38. The molecule has 0 spiro atoms. The van der Waals surface area contributed by atoms with Gasteiger partial charge in [0.15, 0.2) is 17.2 Å². The van der Waals surface area contributed by atoms with E-state index in [1.54, 1.807) is 19.1 Å². The van der Waals surface area contributed by atoms with Gasteiger partial charge in [0, 0.05) is 16.7 Å². The molecule has 0 bridgehead atoms. The van der Waals surface area contributed by atoms with E-state index in [1.807, 2.05) is 19.9 Å². The summed E-state index contributed by atoms with van der Waals surface area (Å²) in [5.74, 6) is -1.04. The van der Waals surface area contributed by atoms with Crippen molar-refractivity contribution in [3.63, 3.8) is 0 Å². The van der Waals surface area contributed by atoms with Gasteiger partial charge in [0.25, 0.3) is 0 Å². The van der Waals surface area contributed by atoms with Gasteiger partial charge < -0.3 is 20.4 Å². The lowest BCUT2D eigenvalue weighted by Gasteiger charge is -2.63. The molecule has 4 rings (SSSR count). The van der Waals surface area contributed by atoms with Gasteiger partial charge in [0.1, 0.15) is 6.61 Å². The number of hydrogen-bond acceptors (Lipinski definition) is 6. The van der Waals surface area contributed by atoms with Crippen molar-refractivity contribution in [2.24, 2.45) is 28.1 Å². The average molecular weight is 390 g/mol. The minimum Gasteiger partial charge on any atom is -0.393 e. The number of fused-ring (bicyclic) bond motifs is 5. The van der Waals surface area contributed by atoms with E-state index in [4.69, 9.17) is 0 Å². The molecule has 0 aromatic rings. The Balaban J connectivity index is 1.84. The van der Waals surface area contributed by atoms with Crippen LogP contribution in [0.4, 0.5) is 0 Å². The van der Waals surface area contributed by atoms with Gasteiger partial charge in [-0.1, -0.05) is 32.4 Å². The molecule has 4 N–H and O–H groups in total. The zero-order valence-electron chi connectivity index (χ0n) is 16.7. The molecule has 0 aromatic heterocycles. The zero-order chi connectivity index (χ0) is 20.7. The summed E-state index contributed by atoms with van der Waals surface area (Å²) < 4.78 is 0. The maximum absolute atomic E-state index is 12.5. The molecule has 8 atom stereocenters. The van der Waals surface area contributed by atoms with Crippen LogP contribution in [0.5, 0.6) is 0 Å². The molecule has 2 unspecified atom stereocenters. The number of hydrogen-bond donors (Lipinski definition) is 4. The Morgan fingerprint density at radius 3 is 2.54 bits per heavy atom. The zero-order valence-corrected chi connectivity index (χ0v) is 16.7. The molecule has 4 aliphatic carbocycles. The second-order valence-electron chi connectivity index (χ2n) is 9.95. The SMILES string of the molecule is CC12C[C@@H](O)[C@](O)(C(=O)CO)[C@@]1(C)C[C@H](O)C1[C@H]2CCC2=CC(=O)C=C[C@@]21C. The first-order valence-corrected chi connectivity index (χ1v) is 10.1. The fraction of sp³-hybridized carbons (Fsp3) is 0.727. The van der Waals surface area contributed by atoms with Gasteiger partial charge in [-0.3, -0.25) is 9.59 Å². The minimum absolute atomic E-state index is 0.0357. The third kappa shape index (κ3) is 2.07. The number of allylic oxidation sites excluding steroid dienone is 4. The van der Waals surface area contributed by atoms with Crippen molar-refractivity contribution in [2.75, 3.05) is 6.61 Å². The highest BCUT2D eigenvalue weighted by Gasteiger charge is 2.76. The molecule has 28 heavy (non-hydrogen) atoms. The first-order valence-electron chi connectivity index (χ1n) is 10.1. The maximum atomic E-state index is 12.5. The van der Waals surface area contributed by atoms with Gasteiger partial charge in [-0.05, 0) is 49.2 Å². The van der Waals surface area contributed by atoms with Gasteiger partial charge in [-0.15, -0.1) is 0 Å². The largest absolute Gasteiger partial charge is 0.393 e. The van der Waals surface area contributed by atoms with Crippen LogP contribution in [0.2, 0.25) is 0 Å². The summed E-state index contributed by atoms with van der Waals surface area (Å²) in [6, 6.07) is 0. The Labute approximate surface area is 165 Å². The quantitative estimate of drug-likeness (QED) is 0.557. The van der Waals surface area contributed by atoms with Crippen molar-refractivity contribution in [3.8, 4) is 0 Å². The summed E-state index contributed by atoms with van der Waals surface area (Å²) in [5.41, 5.74) is -3.19. The van der Waals surface area contributed by atoms with Crippen molar-refractivity contribution in [1.29, 1.82) is 0 Å². The fourth-order valence-electron chi connectivity index (χ4n) is 7.38. The number of Topliss-reactive ketones (excluding diaryl/α,β-unsaturated/α-hetero) is 1. The van der Waals surface area contributed by atoms with E-state index in [9.17, 15) is 30.0 Å². The summed E-state index contributed by atoms with van der Waals surface area (Å²) >= 11 is 0. The Morgan fingerprint density at radius 1 is 1.21 bits per heavy atom. The lowest BCUT2D eigenvalue weighted by Crippen LogP contribution is -2.66. The van der Waals surface area contributed by atoms with Crippen LogP contribution in [0.3, 0.4) is 0 Å². The Hall–Kier alpha value is -1.34. The highest BCUT2D eigenvalue weighted by atomic mass is 16.4. The van der Waals surface area contributed by atoms with Crippen LogP contribution in [-0.2, 0) is 9.59 Å². The number of carbonyl (C=O) groups excluding carboxylic acids is 2. The second-order valence-corrected chi connectivity index (χ2v) is 9.95. The van der Waals surface area contributed by atoms with Crippen LogP contribution in [0.25, 0.3) is 0 Å². The van der Waals surface area contributed by atoms with E-state index in [2.05, 4.69) is 0 Å². The van der Waals surface area contributed by atoms with E-state index in [0.717, 1.165) is 5.57 Å². The Morgan fingerprint density at radius 2 is 1.89 bits per heavy atom. The topological polar surface area (TPSA) is 115 Å². The predicted molar refractivity (Wildman–Crippen MR) is 101 cm³/mol. The average Bonchev–Trinajstić information content (AvgIpc) is 2.79. The number of aliphatic hydroxyl groups excluding tert-OH is 3. The van der Waals surface area contributed by atoms with Crippen molar-refractivity contribution >= 4 is 11.6 Å². The molecule has 0 saturated heterocycles. The predicted octanol–water partition coefficient (Wildman–Crippen LogP) is 0.918. The normalized spacial score (nSPS) is 52.5. The third-order valence-corrected chi connectivity index (χ3v) is 9.07. The summed E-state index contributed by atoms with van der Waals surface area (Å²) in [5, 5.41) is 42.8. The first kappa shape index (κ1) is 20.0.